The molecule has 0 fully saturated rings. The summed E-state index contributed by atoms with van der Waals surface area (Å²) in [5, 5.41) is 16.2. The summed E-state index contributed by atoms with van der Waals surface area (Å²) in [6.45, 7) is 5.60. The largest absolute Gasteiger partial charge is 0.481 e. The Morgan fingerprint density at radius 2 is 1.78 bits per heavy atom. The molecule has 0 aliphatic carbocycles. The van der Waals surface area contributed by atoms with Gasteiger partial charge in [-0.3, -0.25) is 9.59 Å². The molecule has 0 radical (unpaired) electrons. The molecule has 7 heteroatoms. The summed E-state index contributed by atoms with van der Waals surface area (Å²) in [7, 11) is 0. The molecule has 0 saturated heterocycles. The Labute approximate surface area is 106 Å². The zero-order valence-corrected chi connectivity index (χ0v) is 10.9. The van der Waals surface area contributed by atoms with Gasteiger partial charge in [0.15, 0.2) is 0 Å². The second-order valence-corrected chi connectivity index (χ2v) is 3.91. The van der Waals surface area contributed by atoms with Crippen LogP contribution in [0.25, 0.3) is 0 Å². The van der Waals surface area contributed by atoms with E-state index in [2.05, 4.69) is 16.0 Å². The van der Waals surface area contributed by atoms with Gasteiger partial charge in [-0.25, -0.2) is 4.79 Å². The average molecular weight is 259 g/mol. The highest BCUT2D eigenvalue weighted by Gasteiger charge is 2.18. The van der Waals surface area contributed by atoms with Crippen LogP contribution >= 0.6 is 0 Å². The Bertz CT molecular complexity index is 307. The minimum Gasteiger partial charge on any atom is -0.481 e. The van der Waals surface area contributed by atoms with Crippen molar-refractivity contribution in [3.05, 3.63) is 0 Å². The Kier molecular flexibility index (Phi) is 7.50. The Hall–Kier alpha value is -1.79. The maximum atomic E-state index is 11.4. The molecule has 0 aliphatic heterocycles. The summed E-state index contributed by atoms with van der Waals surface area (Å²) in [5.74, 6) is -1.84. The number of amides is 3. The Morgan fingerprint density at radius 3 is 2.22 bits per heavy atom. The lowest BCUT2D eigenvalue weighted by molar-refractivity contribution is -0.141. The fraction of sp³-hybridized carbons (Fsp3) is 0.727. The van der Waals surface area contributed by atoms with E-state index in [4.69, 9.17) is 5.11 Å². The number of likely N-dealkylation sites (N-methyl/N-ethyl adjacent to an activating group) is 1. The van der Waals surface area contributed by atoms with Crippen LogP contribution in [0.15, 0.2) is 0 Å². The summed E-state index contributed by atoms with van der Waals surface area (Å²) in [4.78, 5) is 33.5. The second kappa shape index (κ2) is 8.32. The lowest BCUT2D eigenvalue weighted by Crippen LogP contribution is -2.49. The van der Waals surface area contributed by atoms with Crippen molar-refractivity contribution in [2.24, 2.45) is 5.92 Å². The zero-order chi connectivity index (χ0) is 14.1. The molecular formula is C11H21N3O4. The summed E-state index contributed by atoms with van der Waals surface area (Å²) >= 11 is 0. The summed E-state index contributed by atoms with van der Waals surface area (Å²) in [6.07, 6.45) is 0.432. The van der Waals surface area contributed by atoms with E-state index >= 15 is 0 Å². The molecule has 0 aromatic rings. The maximum Gasteiger partial charge on any atom is 0.315 e. The van der Waals surface area contributed by atoms with Gasteiger partial charge in [0.2, 0.25) is 5.91 Å². The van der Waals surface area contributed by atoms with Crippen LogP contribution in [0.1, 0.15) is 27.2 Å². The van der Waals surface area contributed by atoms with Crippen LogP contribution in [-0.2, 0) is 9.59 Å². The van der Waals surface area contributed by atoms with E-state index in [9.17, 15) is 14.4 Å². The third kappa shape index (κ3) is 6.07. The van der Waals surface area contributed by atoms with Crippen LogP contribution in [0.5, 0.6) is 0 Å². The molecule has 0 spiro atoms. The van der Waals surface area contributed by atoms with Crippen molar-refractivity contribution in [1.82, 2.24) is 16.0 Å². The van der Waals surface area contributed by atoms with Gasteiger partial charge in [-0.2, -0.15) is 0 Å². The molecule has 2 unspecified atom stereocenters. The molecule has 3 amide bonds. The van der Waals surface area contributed by atoms with Crippen LogP contribution in [0.3, 0.4) is 0 Å². The first-order chi connectivity index (χ1) is 8.42. The van der Waals surface area contributed by atoms with E-state index in [-0.39, 0.29) is 12.5 Å². The minimum absolute atomic E-state index is 0.0415. The van der Waals surface area contributed by atoms with E-state index in [0.29, 0.717) is 13.0 Å². The Balaban J connectivity index is 4.04. The summed E-state index contributed by atoms with van der Waals surface area (Å²) in [6, 6.07) is -1.21. The van der Waals surface area contributed by atoms with Crippen LogP contribution in [0, 0.1) is 5.92 Å². The number of carbonyl (C=O) groups excluding carboxylic acids is 2. The lowest BCUT2D eigenvalue weighted by Gasteiger charge is -2.15. The number of urea groups is 1. The van der Waals surface area contributed by atoms with Gasteiger partial charge >= 0.3 is 12.0 Å². The molecule has 0 rings (SSSR count). The number of carboxylic acids is 1. The molecule has 104 valence electrons. The van der Waals surface area contributed by atoms with E-state index in [0.717, 1.165) is 0 Å². The van der Waals surface area contributed by atoms with Crippen molar-refractivity contribution >= 4 is 17.9 Å². The highest BCUT2D eigenvalue weighted by atomic mass is 16.4. The number of nitrogens with one attached hydrogen (secondary N) is 3. The first-order valence-electron chi connectivity index (χ1n) is 5.97. The smallest absolute Gasteiger partial charge is 0.315 e. The molecule has 4 N–H and O–H groups in total. The van der Waals surface area contributed by atoms with E-state index in [1.807, 2.05) is 0 Å². The summed E-state index contributed by atoms with van der Waals surface area (Å²) < 4.78 is 0. The quantitative estimate of drug-likeness (QED) is 0.513. The molecule has 0 heterocycles. The van der Waals surface area contributed by atoms with Gasteiger partial charge in [0.25, 0.3) is 0 Å². The average Bonchev–Trinajstić information content (AvgIpc) is 2.29. The number of hydrogen-bond acceptors (Lipinski definition) is 3. The summed E-state index contributed by atoms with van der Waals surface area (Å²) in [5.41, 5.74) is 0. The molecule has 7 nitrogen and oxygen atoms in total. The topological polar surface area (TPSA) is 108 Å². The van der Waals surface area contributed by atoms with Crippen molar-refractivity contribution < 1.29 is 19.5 Å². The van der Waals surface area contributed by atoms with Gasteiger partial charge < -0.3 is 21.1 Å². The molecule has 0 aliphatic rings. The van der Waals surface area contributed by atoms with E-state index < -0.39 is 24.0 Å². The number of aliphatic carboxylic acids is 1. The van der Waals surface area contributed by atoms with Gasteiger partial charge in [0, 0.05) is 13.1 Å². The number of hydrogen-bond donors (Lipinski definition) is 4. The molecule has 0 bridgehead atoms. The first-order valence-corrected chi connectivity index (χ1v) is 5.97. The Morgan fingerprint density at radius 1 is 1.17 bits per heavy atom. The highest BCUT2D eigenvalue weighted by molar-refractivity contribution is 5.86. The number of carboxylic acid groups (broad SMARTS) is 1. The van der Waals surface area contributed by atoms with Crippen molar-refractivity contribution in [1.29, 1.82) is 0 Å². The monoisotopic (exact) mass is 259 g/mol. The molecule has 0 saturated carbocycles. The van der Waals surface area contributed by atoms with Crippen LogP contribution in [0.2, 0.25) is 0 Å². The fourth-order valence-electron chi connectivity index (χ4n) is 1.26. The zero-order valence-electron chi connectivity index (χ0n) is 10.9. The van der Waals surface area contributed by atoms with E-state index in [1.165, 1.54) is 0 Å². The highest BCUT2D eigenvalue weighted by Crippen LogP contribution is 2.00. The van der Waals surface area contributed by atoms with Crippen molar-refractivity contribution in [2.75, 3.05) is 13.1 Å². The third-order valence-corrected chi connectivity index (χ3v) is 2.44. The van der Waals surface area contributed by atoms with Gasteiger partial charge in [0.05, 0.1) is 5.92 Å². The fourth-order valence-corrected chi connectivity index (χ4v) is 1.26. The van der Waals surface area contributed by atoms with Crippen LogP contribution in [0.4, 0.5) is 4.79 Å². The minimum atomic E-state index is -0.949. The van der Waals surface area contributed by atoms with Gasteiger partial charge in [0.1, 0.15) is 6.04 Å². The predicted octanol–water partition coefficient (Wildman–Crippen LogP) is -0.0790. The van der Waals surface area contributed by atoms with Crippen molar-refractivity contribution in [2.45, 2.75) is 33.2 Å². The number of carbonyl (C=O) groups is 3. The maximum absolute atomic E-state index is 11.4. The molecule has 0 aromatic carbocycles. The van der Waals surface area contributed by atoms with Crippen molar-refractivity contribution in [3.63, 3.8) is 0 Å². The number of rotatable bonds is 7. The third-order valence-electron chi connectivity index (χ3n) is 2.44. The molecule has 0 aromatic heterocycles. The van der Waals surface area contributed by atoms with Gasteiger partial charge in [-0.1, -0.05) is 6.92 Å². The van der Waals surface area contributed by atoms with Gasteiger partial charge in [-0.15, -0.1) is 0 Å². The first kappa shape index (κ1) is 16.2. The normalized spacial score (nSPS) is 13.3. The lowest BCUT2D eigenvalue weighted by atomic mass is 10.1. The second-order valence-electron chi connectivity index (χ2n) is 3.91. The SMILES string of the molecule is CCNC(=O)C(C)NC(=O)NCC(CC)C(=O)O. The standard InChI is InChI=1S/C11H21N3O4/c1-4-8(10(16)17)6-13-11(18)14-7(3)9(15)12-5-2/h7-8H,4-6H2,1-3H3,(H,12,15)(H,16,17)(H2,13,14,18). The van der Waals surface area contributed by atoms with Crippen LogP contribution < -0.4 is 16.0 Å². The predicted molar refractivity (Wildman–Crippen MR) is 66.1 cm³/mol. The molecular weight excluding hydrogens is 238 g/mol. The van der Waals surface area contributed by atoms with Crippen molar-refractivity contribution in [3.8, 4) is 0 Å². The van der Waals surface area contributed by atoms with Crippen LogP contribution in [-0.4, -0.2) is 42.1 Å². The molecule has 18 heavy (non-hydrogen) atoms. The van der Waals surface area contributed by atoms with E-state index in [1.54, 1.807) is 20.8 Å². The van der Waals surface area contributed by atoms with Gasteiger partial charge in [-0.05, 0) is 20.3 Å². The molecule has 2 atom stereocenters.